The smallest absolute Gasteiger partial charge is 0.228 e. The highest BCUT2D eigenvalue weighted by atomic mass is 32.1. The van der Waals surface area contributed by atoms with Gasteiger partial charge in [0, 0.05) is 5.69 Å². The first kappa shape index (κ1) is 20.1. The van der Waals surface area contributed by atoms with E-state index in [2.05, 4.69) is 29.4 Å². The van der Waals surface area contributed by atoms with Crippen molar-refractivity contribution in [2.24, 2.45) is 0 Å². The van der Waals surface area contributed by atoms with Crippen molar-refractivity contribution in [1.29, 1.82) is 0 Å². The van der Waals surface area contributed by atoms with E-state index in [-0.39, 0.29) is 5.91 Å². The quantitative estimate of drug-likeness (QED) is 0.339. The number of thiazole rings is 1. The lowest BCUT2D eigenvalue weighted by molar-refractivity contribution is -0.115. The number of carbonyl (C=O) groups is 1. The molecule has 0 fully saturated rings. The van der Waals surface area contributed by atoms with Crippen molar-refractivity contribution in [3.63, 3.8) is 0 Å². The Morgan fingerprint density at radius 2 is 2.11 bits per heavy atom. The number of anilines is 1. The van der Waals surface area contributed by atoms with Crippen LogP contribution < -0.4 is 10.1 Å². The number of fused-ring (bicyclic) bond motifs is 1. The molecule has 3 rings (SSSR count). The van der Waals surface area contributed by atoms with Gasteiger partial charge in [0.15, 0.2) is 0 Å². The summed E-state index contributed by atoms with van der Waals surface area (Å²) in [6.07, 6.45) is 9.39. The second-order valence-electron chi connectivity index (χ2n) is 6.69. The van der Waals surface area contributed by atoms with Crippen LogP contribution in [-0.2, 0) is 11.2 Å². The number of allylic oxidation sites excluding steroid dienone is 1. The summed E-state index contributed by atoms with van der Waals surface area (Å²) in [6, 6.07) is 13.5. The van der Waals surface area contributed by atoms with Crippen LogP contribution in [0.15, 0.2) is 60.1 Å². The van der Waals surface area contributed by atoms with Gasteiger partial charge in [0.05, 0.1) is 22.1 Å². The summed E-state index contributed by atoms with van der Waals surface area (Å²) in [5.74, 6) is 0.742. The number of nitrogens with one attached hydrogen (secondary N) is 1. The van der Waals surface area contributed by atoms with Crippen molar-refractivity contribution < 1.29 is 9.53 Å². The molecule has 4 nitrogen and oxygen atoms in total. The van der Waals surface area contributed by atoms with Crippen LogP contribution in [-0.4, -0.2) is 17.5 Å². The van der Waals surface area contributed by atoms with E-state index in [0.29, 0.717) is 13.0 Å². The minimum Gasteiger partial charge on any atom is -0.490 e. The molecule has 0 unspecified atom stereocenters. The third-order valence-electron chi connectivity index (χ3n) is 4.37. The van der Waals surface area contributed by atoms with E-state index in [4.69, 9.17) is 4.74 Å². The van der Waals surface area contributed by atoms with Gasteiger partial charge in [-0.05, 0) is 48.7 Å². The summed E-state index contributed by atoms with van der Waals surface area (Å²) >= 11 is 1.56. The van der Waals surface area contributed by atoms with Gasteiger partial charge in [0.1, 0.15) is 12.4 Å². The van der Waals surface area contributed by atoms with Gasteiger partial charge < -0.3 is 10.1 Å². The molecule has 0 saturated carbocycles. The number of hydrogen-bond acceptors (Lipinski definition) is 4. The zero-order valence-electron chi connectivity index (χ0n) is 16.2. The molecule has 0 bridgehead atoms. The zero-order chi connectivity index (χ0) is 19.6. The minimum absolute atomic E-state index is 0.0446. The van der Waals surface area contributed by atoms with Crippen molar-refractivity contribution >= 4 is 33.1 Å². The SMILES string of the molecule is CCCCCC=CCOc1cccc(CC(=O)Nc2ccc3ncsc3c2)c1. The molecule has 5 heteroatoms. The maximum absolute atomic E-state index is 12.4. The van der Waals surface area contributed by atoms with Gasteiger partial charge in [-0.25, -0.2) is 4.98 Å². The van der Waals surface area contributed by atoms with Gasteiger partial charge in [-0.15, -0.1) is 11.3 Å². The molecule has 0 spiro atoms. The summed E-state index contributed by atoms with van der Waals surface area (Å²) in [4.78, 5) is 16.6. The van der Waals surface area contributed by atoms with Crippen molar-refractivity contribution in [3.8, 4) is 5.75 Å². The van der Waals surface area contributed by atoms with Crippen molar-refractivity contribution in [2.45, 2.75) is 39.0 Å². The van der Waals surface area contributed by atoms with E-state index in [9.17, 15) is 4.79 Å². The van der Waals surface area contributed by atoms with Crippen LogP contribution in [0.3, 0.4) is 0 Å². The van der Waals surface area contributed by atoms with Crippen LogP contribution >= 0.6 is 11.3 Å². The first-order valence-corrected chi connectivity index (χ1v) is 10.6. The van der Waals surface area contributed by atoms with Crippen LogP contribution in [0.4, 0.5) is 5.69 Å². The number of benzene rings is 2. The molecule has 1 heterocycles. The van der Waals surface area contributed by atoms with E-state index in [1.807, 2.05) is 48.0 Å². The molecule has 0 aliphatic carbocycles. The normalized spacial score (nSPS) is 11.2. The fourth-order valence-electron chi connectivity index (χ4n) is 2.91. The number of amides is 1. The van der Waals surface area contributed by atoms with Gasteiger partial charge in [-0.2, -0.15) is 0 Å². The van der Waals surface area contributed by atoms with Crippen molar-refractivity contribution in [1.82, 2.24) is 4.98 Å². The molecule has 0 aliphatic heterocycles. The number of hydrogen-bond donors (Lipinski definition) is 1. The highest BCUT2D eigenvalue weighted by molar-refractivity contribution is 7.16. The Balaban J connectivity index is 1.48. The van der Waals surface area contributed by atoms with Crippen LogP contribution in [0.1, 0.15) is 38.2 Å². The molecule has 0 radical (unpaired) electrons. The fraction of sp³-hybridized carbons (Fsp3) is 0.304. The van der Waals surface area contributed by atoms with Crippen LogP contribution in [0.2, 0.25) is 0 Å². The molecule has 1 aromatic heterocycles. The molecule has 0 aliphatic rings. The van der Waals surface area contributed by atoms with Crippen molar-refractivity contribution in [3.05, 3.63) is 65.7 Å². The summed E-state index contributed by atoms with van der Waals surface area (Å²) in [5.41, 5.74) is 4.48. The van der Waals surface area contributed by atoms with E-state index >= 15 is 0 Å². The van der Waals surface area contributed by atoms with Gasteiger partial charge >= 0.3 is 0 Å². The average molecular weight is 395 g/mol. The fourth-order valence-corrected chi connectivity index (χ4v) is 3.63. The summed E-state index contributed by atoms with van der Waals surface area (Å²) in [5, 5.41) is 2.96. The van der Waals surface area contributed by atoms with E-state index in [1.165, 1.54) is 19.3 Å². The largest absolute Gasteiger partial charge is 0.490 e. The standard InChI is InChI=1S/C23H26N2O2S/c1-2-3-4-5-6-7-13-27-20-10-8-9-18(14-20)15-23(26)25-19-11-12-21-22(16-19)28-17-24-21/h6-12,14,16-17H,2-5,13,15H2,1H3,(H,25,26). The Hall–Kier alpha value is -2.66. The Bertz CT molecular complexity index is 933. The van der Waals surface area contributed by atoms with Gasteiger partial charge in [-0.1, -0.05) is 44.1 Å². The monoisotopic (exact) mass is 394 g/mol. The third kappa shape index (κ3) is 6.20. The van der Waals surface area contributed by atoms with Crippen LogP contribution in [0.5, 0.6) is 5.75 Å². The van der Waals surface area contributed by atoms with Crippen LogP contribution in [0, 0.1) is 0 Å². The molecule has 0 atom stereocenters. The number of carbonyl (C=O) groups excluding carboxylic acids is 1. The summed E-state index contributed by atoms with van der Waals surface area (Å²) in [6.45, 7) is 2.76. The predicted molar refractivity (Wildman–Crippen MR) is 117 cm³/mol. The summed E-state index contributed by atoms with van der Waals surface area (Å²) < 4.78 is 6.83. The molecule has 28 heavy (non-hydrogen) atoms. The number of ether oxygens (including phenoxy) is 1. The average Bonchev–Trinajstić information content (AvgIpc) is 3.15. The molecular formula is C23H26N2O2S. The first-order chi connectivity index (χ1) is 13.7. The zero-order valence-corrected chi connectivity index (χ0v) is 17.0. The summed E-state index contributed by atoms with van der Waals surface area (Å²) in [7, 11) is 0. The first-order valence-electron chi connectivity index (χ1n) is 9.74. The Morgan fingerprint density at radius 3 is 3.00 bits per heavy atom. The minimum atomic E-state index is -0.0446. The van der Waals surface area contributed by atoms with Gasteiger partial charge in [0.2, 0.25) is 5.91 Å². The lowest BCUT2D eigenvalue weighted by atomic mass is 10.1. The molecule has 3 aromatic rings. The maximum atomic E-state index is 12.4. The molecule has 2 aromatic carbocycles. The van der Waals surface area contributed by atoms with E-state index < -0.39 is 0 Å². The third-order valence-corrected chi connectivity index (χ3v) is 5.16. The number of aromatic nitrogens is 1. The topological polar surface area (TPSA) is 51.2 Å². The highest BCUT2D eigenvalue weighted by Gasteiger charge is 2.06. The second kappa shape index (κ2) is 10.6. The molecule has 1 amide bonds. The Morgan fingerprint density at radius 1 is 1.18 bits per heavy atom. The van der Waals surface area contributed by atoms with Crippen LogP contribution in [0.25, 0.3) is 10.2 Å². The number of unbranched alkanes of at least 4 members (excludes halogenated alkanes) is 3. The maximum Gasteiger partial charge on any atom is 0.228 e. The second-order valence-corrected chi connectivity index (χ2v) is 7.57. The van der Waals surface area contributed by atoms with Gasteiger partial charge in [0.25, 0.3) is 0 Å². The molecule has 1 N–H and O–H groups in total. The van der Waals surface area contributed by atoms with Gasteiger partial charge in [-0.3, -0.25) is 4.79 Å². The lowest BCUT2D eigenvalue weighted by Crippen LogP contribution is -2.14. The number of nitrogens with zero attached hydrogens (tertiary/aromatic N) is 1. The molecular weight excluding hydrogens is 368 g/mol. The lowest BCUT2D eigenvalue weighted by Gasteiger charge is -2.08. The highest BCUT2D eigenvalue weighted by Crippen LogP contribution is 2.22. The predicted octanol–water partition coefficient (Wildman–Crippen LogP) is 5.99. The van der Waals surface area contributed by atoms with Crippen molar-refractivity contribution in [2.75, 3.05) is 11.9 Å². The number of rotatable bonds is 10. The van der Waals surface area contributed by atoms with E-state index in [0.717, 1.165) is 33.6 Å². The molecule has 146 valence electrons. The Kier molecular flexibility index (Phi) is 7.62. The Labute approximate surface area is 170 Å². The molecule has 0 saturated heterocycles. The van der Waals surface area contributed by atoms with E-state index in [1.54, 1.807) is 11.3 Å².